The second kappa shape index (κ2) is 6.69. The van der Waals surface area contributed by atoms with Crippen molar-refractivity contribution < 1.29 is 28.5 Å². The lowest BCUT2D eigenvalue weighted by molar-refractivity contribution is -0.205. The number of carbonyl (C=O) groups is 1. The van der Waals surface area contributed by atoms with E-state index in [1.807, 2.05) is 0 Å². The van der Waals surface area contributed by atoms with Crippen LogP contribution in [-0.2, 0) is 14.6 Å². The van der Waals surface area contributed by atoms with E-state index in [-0.39, 0.29) is 17.9 Å². The van der Waals surface area contributed by atoms with Gasteiger partial charge in [0.1, 0.15) is 5.03 Å². The summed E-state index contributed by atoms with van der Waals surface area (Å²) in [5.41, 5.74) is 0. The Morgan fingerprint density at radius 3 is 2.60 bits per heavy atom. The van der Waals surface area contributed by atoms with Crippen molar-refractivity contribution in [3.8, 4) is 0 Å². The topological polar surface area (TPSA) is 128 Å². The number of H-pyrrole nitrogens is 1. The average Bonchev–Trinajstić information content (AvgIpc) is 2.87. The lowest BCUT2D eigenvalue weighted by Gasteiger charge is -2.15. The van der Waals surface area contributed by atoms with Crippen LogP contribution in [0.25, 0.3) is 0 Å². The van der Waals surface area contributed by atoms with Gasteiger partial charge < -0.3 is 20.3 Å². The smallest absolute Gasteiger partial charge is 0.364 e. The number of aliphatic carboxylic acids is 1. The Morgan fingerprint density at radius 2 is 2.05 bits per heavy atom. The molecule has 0 spiro atoms. The highest BCUT2D eigenvalue weighted by Crippen LogP contribution is 2.13. The summed E-state index contributed by atoms with van der Waals surface area (Å²) in [6, 6.07) is 3.02. The number of nitrogens with one attached hydrogen (secondary N) is 1. The number of allylic oxidation sites excluding steroid dienone is 1. The number of rotatable bonds is 8. The molecule has 1 rings (SSSR count). The van der Waals surface area contributed by atoms with Crippen molar-refractivity contribution in [2.24, 2.45) is 0 Å². The molecule has 0 aliphatic heterocycles. The van der Waals surface area contributed by atoms with Crippen LogP contribution in [0, 0.1) is 0 Å². The first kappa shape index (κ1) is 16.4. The molecule has 0 saturated heterocycles. The Balaban J connectivity index is 2.35. The molecule has 0 amide bonds. The Hall–Kier alpha value is -1.64. The fourth-order valence-corrected chi connectivity index (χ4v) is 2.54. The Bertz CT molecular complexity index is 559. The van der Waals surface area contributed by atoms with Crippen LogP contribution in [0.4, 0.5) is 0 Å². The van der Waals surface area contributed by atoms with Gasteiger partial charge in [-0.05, 0) is 31.4 Å². The predicted octanol–water partition coefficient (Wildman–Crippen LogP) is 0.628. The van der Waals surface area contributed by atoms with Crippen molar-refractivity contribution >= 4 is 15.8 Å². The molecule has 0 fully saturated rings. The molecule has 0 radical (unpaired) electrons. The quantitative estimate of drug-likeness (QED) is 0.412. The number of sulfone groups is 1. The van der Waals surface area contributed by atoms with E-state index in [9.17, 15) is 13.2 Å². The van der Waals surface area contributed by atoms with E-state index in [0.717, 1.165) is 5.41 Å². The summed E-state index contributed by atoms with van der Waals surface area (Å²) < 4.78 is 23.4. The van der Waals surface area contributed by atoms with Gasteiger partial charge in [0.2, 0.25) is 9.84 Å². The van der Waals surface area contributed by atoms with Gasteiger partial charge in [0, 0.05) is 18.0 Å². The maximum Gasteiger partial charge on any atom is 0.364 e. The van der Waals surface area contributed by atoms with Gasteiger partial charge in [-0.15, -0.1) is 0 Å². The monoisotopic (exact) mass is 303 g/mol. The van der Waals surface area contributed by atoms with Crippen molar-refractivity contribution in [3.05, 3.63) is 29.8 Å². The standard InChI is InChI=1S/C12H17NO6S/c14-11(15)12(16,17)7-3-1-2-4-9-20(18,19)10-6-5-8-13-10/h4-6,8-9,13,16-17H,1-3,7H2,(H,14,15). The number of carboxylic acids is 1. The minimum absolute atomic E-state index is 0.101. The van der Waals surface area contributed by atoms with Crippen molar-refractivity contribution in [2.75, 3.05) is 0 Å². The fourth-order valence-electron chi connectivity index (χ4n) is 1.50. The second-order valence-corrected chi connectivity index (χ2v) is 6.12. The maximum atomic E-state index is 11.7. The first-order valence-corrected chi connectivity index (χ1v) is 7.53. The predicted molar refractivity (Wildman–Crippen MR) is 70.4 cm³/mol. The zero-order valence-electron chi connectivity index (χ0n) is 10.7. The average molecular weight is 303 g/mol. The first-order chi connectivity index (χ1) is 9.26. The van der Waals surface area contributed by atoms with E-state index in [2.05, 4.69) is 4.98 Å². The summed E-state index contributed by atoms with van der Waals surface area (Å²) >= 11 is 0. The maximum absolute atomic E-state index is 11.7. The molecule has 0 saturated carbocycles. The molecule has 0 aliphatic carbocycles. The van der Waals surface area contributed by atoms with Crippen LogP contribution in [0.5, 0.6) is 0 Å². The summed E-state index contributed by atoms with van der Waals surface area (Å²) in [6.45, 7) is 0. The Morgan fingerprint density at radius 1 is 1.35 bits per heavy atom. The molecule has 20 heavy (non-hydrogen) atoms. The van der Waals surface area contributed by atoms with Crippen LogP contribution >= 0.6 is 0 Å². The summed E-state index contributed by atoms with van der Waals surface area (Å²) in [4.78, 5) is 13.0. The lowest BCUT2D eigenvalue weighted by atomic mass is 10.1. The van der Waals surface area contributed by atoms with Crippen molar-refractivity contribution in [2.45, 2.75) is 36.5 Å². The van der Waals surface area contributed by atoms with Gasteiger partial charge in [-0.2, -0.15) is 0 Å². The van der Waals surface area contributed by atoms with E-state index in [0.29, 0.717) is 12.8 Å². The molecule has 0 unspecified atom stereocenters. The van der Waals surface area contributed by atoms with Crippen LogP contribution in [0.15, 0.2) is 34.8 Å². The minimum atomic E-state index is -3.47. The highest BCUT2D eigenvalue weighted by Gasteiger charge is 2.31. The van der Waals surface area contributed by atoms with Gasteiger partial charge in [0.25, 0.3) is 5.79 Å². The lowest BCUT2D eigenvalue weighted by Crippen LogP contribution is -2.37. The number of hydrogen-bond acceptors (Lipinski definition) is 5. The molecule has 112 valence electrons. The van der Waals surface area contributed by atoms with E-state index in [4.69, 9.17) is 15.3 Å². The van der Waals surface area contributed by atoms with Crippen molar-refractivity contribution in [3.63, 3.8) is 0 Å². The van der Waals surface area contributed by atoms with Gasteiger partial charge in [0.15, 0.2) is 0 Å². The summed E-state index contributed by atoms with van der Waals surface area (Å²) in [7, 11) is -3.47. The molecule has 1 aromatic rings. The molecule has 0 aromatic carbocycles. The number of aromatic nitrogens is 1. The van der Waals surface area contributed by atoms with Gasteiger partial charge in [-0.25, -0.2) is 13.2 Å². The van der Waals surface area contributed by atoms with Crippen LogP contribution in [0.3, 0.4) is 0 Å². The first-order valence-electron chi connectivity index (χ1n) is 5.99. The van der Waals surface area contributed by atoms with Gasteiger partial charge in [0.05, 0.1) is 0 Å². The van der Waals surface area contributed by atoms with Crippen LogP contribution < -0.4 is 0 Å². The van der Waals surface area contributed by atoms with E-state index < -0.39 is 21.6 Å². The zero-order chi connectivity index (χ0) is 15.2. The number of hydrogen-bond donors (Lipinski definition) is 4. The Labute approximate surface area is 116 Å². The fraction of sp³-hybridized carbons (Fsp3) is 0.417. The van der Waals surface area contributed by atoms with E-state index in [1.54, 1.807) is 6.07 Å². The van der Waals surface area contributed by atoms with Crippen molar-refractivity contribution in [1.29, 1.82) is 0 Å². The second-order valence-electron chi connectivity index (χ2n) is 4.32. The Kier molecular flexibility index (Phi) is 5.49. The number of unbranched alkanes of at least 4 members (excludes halogenated alkanes) is 2. The molecule has 0 bridgehead atoms. The molecule has 0 atom stereocenters. The third kappa shape index (κ3) is 4.80. The molecule has 8 heteroatoms. The summed E-state index contributed by atoms with van der Waals surface area (Å²) in [6.07, 6.45) is 3.76. The number of aromatic amines is 1. The van der Waals surface area contributed by atoms with Crippen LogP contribution in [0.2, 0.25) is 0 Å². The molecule has 4 N–H and O–H groups in total. The third-order valence-electron chi connectivity index (χ3n) is 2.64. The van der Waals surface area contributed by atoms with Crippen molar-refractivity contribution in [1.82, 2.24) is 4.98 Å². The summed E-state index contributed by atoms with van der Waals surface area (Å²) in [5.74, 6) is -4.41. The van der Waals surface area contributed by atoms with E-state index in [1.165, 1.54) is 18.3 Å². The molecular weight excluding hydrogens is 286 g/mol. The normalized spacial score (nSPS) is 12.9. The minimum Gasteiger partial charge on any atom is -0.477 e. The van der Waals surface area contributed by atoms with Crippen LogP contribution in [0.1, 0.15) is 25.7 Å². The highest BCUT2D eigenvalue weighted by molar-refractivity contribution is 7.94. The van der Waals surface area contributed by atoms with Crippen LogP contribution in [-0.4, -0.2) is 40.5 Å². The third-order valence-corrected chi connectivity index (χ3v) is 4.06. The SMILES string of the molecule is O=C(O)C(O)(O)CCCCC=CS(=O)(=O)c1ccc[nH]1. The van der Waals surface area contributed by atoms with Gasteiger partial charge in [-0.3, -0.25) is 0 Å². The number of carboxylic acid groups (broad SMARTS) is 1. The molecule has 1 aromatic heterocycles. The van der Waals surface area contributed by atoms with Gasteiger partial charge in [-0.1, -0.05) is 6.08 Å². The molecule has 7 nitrogen and oxygen atoms in total. The zero-order valence-corrected chi connectivity index (χ0v) is 11.5. The largest absolute Gasteiger partial charge is 0.477 e. The molecule has 0 aliphatic rings. The molecule has 1 heterocycles. The summed E-state index contributed by atoms with van der Waals surface area (Å²) in [5, 5.41) is 27.7. The molecular formula is C12H17NO6S. The highest BCUT2D eigenvalue weighted by atomic mass is 32.2. The van der Waals surface area contributed by atoms with E-state index >= 15 is 0 Å². The van der Waals surface area contributed by atoms with Gasteiger partial charge >= 0.3 is 5.97 Å². The number of aliphatic hydroxyl groups is 2.